The van der Waals surface area contributed by atoms with Crippen LogP contribution < -0.4 is 4.74 Å². The molecule has 1 fully saturated rings. The summed E-state index contributed by atoms with van der Waals surface area (Å²) < 4.78 is 18.7. The van der Waals surface area contributed by atoms with Crippen LogP contribution in [0.5, 0.6) is 5.88 Å². The molecule has 2 aromatic carbocycles. The molecular formula is C24H23FN2O2. The minimum Gasteiger partial charge on any atom is -0.477 e. The first kappa shape index (κ1) is 19.1. The molecule has 4 rings (SSSR count). The van der Waals surface area contributed by atoms with Crippen LogP contribution in [0.1, 0.15) is 23.2 Å². The summed E-state index contributed by atoms with van der Waals surface area (Å²) in [4.78, 5) is 19.1. The molecule has 1 aliphatic heterocycles. The highest BCUT2D eigenvalue weighted by molar-refractivity contribution is 6.00. The van der Waals surface area contributed by atoms with Crippen LogP contribution in [-0.4, -0.2) is 35.5 Å². The Kier molecular flexibility index (Phi) is 5.84. The van der Waals surface area contributed by atoms with Crippen LogP contribution in [-0.2, 0) is 0 Å². The number of nitrogens with zero attached hydrogens (tertiary/aromatic N) is 2. The summed E-state index contributed by atoms with van der Waals surface area (Å²) in [7, 11) is 0. The largest absolute Gasteiger partial charge is 0.477 e. The molecular weight excluding hydrogens is 367 g/mol. The van der Waals surface area contributed by atoms with Gasteiger partial charge in [-0.2, -0.15) is 0 Å². The van der Waals surface area contributed by atoms with E-state index in [0.29, 0.717) is 19.0 Å². The zero-order chi connectivity index (χ0) is 20.1. The number of carbonyl (C=O) groups is 1. The van der Waals surface area contributed by atoms with Crippen molar-refractivity contribution in [3.63, 3.8) is 0 Å². The summed E-state index contributed by atoms with van der Waals surface area (Å²) in [6.07, 6.45) is 3.07. The van der Waals surface area contributed by atoms with E-state index >= 15 is 0 Å². The molecule has 0 N–H and O–H groups in total. The van der Waals surface area contributed by atoms with Crippen molar-refractivity contribution in [2.45, 2.75) is 12.8 Å². The number of aromatic nitrogens is 1. The fourth-order valence-corrected chi connectivity index (χ4v) is 3.75. The molecule has 2 heterocycles. The molecule has 1 aromatic heterocycles. The van der Waals surface area contributed by atoms with Gasteiger partial charge in [0.05, 0.1) is 12.8 Å². The van der Waals surface area contributed by atoms with Gasteiger partial charge in [0.15, 0.2) is 0 Å². The fraction of sp³-hybridized carbons (Fsp3) is 0.250. The Morgan fingerprint density at radius 2 is 1.86 bits per heavy atom. The summed E-state index contributed by atoms with van der Waals surface area (Å²) >= 11 is 0. The van der Waals surface area contributed by atoms with E-state index in [9.17, 15) is 9.18 Å². The zero-order valence-electron chi connectivity index (χ0n) is 16.1. The van der Waals surface area contributed by atoms with Crippen molar-refractivity contribution in [2.24, 2.45) is 5.92 Å². The molecule has 0 aliphatic carbocycles. The third-order valence-electron chi connectivity index (χ3n) is 5.22. The molecule has 0 spiro atoms. The van der Waals surface area contributed by atoms with Gasteiger partial charge in [0, 0.05) is 30.6 Å². The lowest BCUT2D eigenvalue weighted by Gasteiger charge is -2.33. The maximum Gasteiger partial charge on any atom is 0.254 e. The normalized spacial score (nSPS) is 16.4. The second-order valence-corrected chi connectivity index (χ2v) is 7.30. The van der Waals surface area contributed by atoms with Gasteiger partial charge >= 0.3 is 0 Å². The van der Waals surface area contributed by atoms with Crippen molar-refractivity contribution >= 4 is 5.91 Å². The molecule has 1 aliphatic rings. The van der Waals surface area contributed by atoms with Crippen molar-refractivity contribution in [3.8, 4) is 17.0 Å². The number of rotatable bonds is 5. The molecule has 3 aromatic rings. The van der Waals surface area contributed by atoms with E-state index in [2.05, 4.69) is 4.98 Å². The SMILES string of the molecule is O=C(c1ccccc1-c1ccccc1)N1CCCC(COc2ccc(F)cn2)C1. The minimum absolute atomic E-state index is 0.0501. The molecule has 1 unspecified atom stereocenters. The molecule has 1 amide bonds. The lowest BCUT2D eigenvalue weighted by molar-refractivity contribution is 0.0632. The predicted molar refractivity (Wildman–Crippen MR) is 110 cm³/mol. The van der Waals surface area contributed by atoms with Gasteiger partial charge in [0.2, 0.25) is 5.88 Å². The van der Waals surface area contributed by atoms with Crippen molar-refractivity contribution < 1.29 is 13.9 Å². The highest BCUT2D eigenvalue weighted by Crippen LogP contribution is 2.26. The summed E-state index contributed by atoms with van der Waals surface area (Å²) in [6.45, 7) is 1.85. The fourth-order valence-electron chi connectivity index (χ4n) is 3.75. The number of ether oxygens (including phenoxy) is 1. The van der Waals surface area contributed by atoms with Crippen molar-refractivity contribution in [1.29, 1.82) is 0 Å². The van der Waals surface area contributed by atoms with E-state index in [1.165, 1.54) is 12.1 Å². The van der Waals surface area contributed by atoms with Gasteiger partial charge in [-0.05, 0) is 36.1 Å². The average molecular weight is 390 g/mol. The third kappa shape index (κ3) is 4.62. The Hall–Kier alpha value is -3.21. The van der Waals surface area contributed by atoms with Crippen LogP contribution in [0, 0.1) is 11.7 Å². The monoisotopic (exact) mass is 390 g/mol. The molecule has 1 saturated heterocycles. The van der Waals surface area contributed by atoms with Crippen molar-refractivity contribution in [2.75, 3.05) is 19.7 Å². The number of piperidine rings is 1. The molecule has 0 bridgehead atoms. The number of carbonyl (C=O) groups excluding carboxylic acids is 1. The predicted octanol–water partition coefficient (Wildman–Crippen LogP) is 4.82. The lowest BCUT2D eigenvalue weighted by Crippen LogP contribution is -2.41. The zero-order valence-corrected chi connectivity index (χ0v) is 16.1. The van der Waals surface area contributed by atoms with E-state index in [-0.39, 0.29) is 17.6 Å². The Morgan fingerprint density at radius 1 is 1.07 bits per heavy atom. The number of pyridine rings is 1. The summed E-state index contributed by atoms with van der Waals surface area (Å²) in [5.74, 6) is 0.297. The number of halogens is 1. The van der Waals surface area contributed by atoms with Crippen LogP contribution in [0.2, 0.25) is 0 Å². The molecule has 0 radical (unpaired) electrons. The summed E-state index contributed by atoms with van der Waals surface area (Å²) in [5.41, 5.74) is 2.71. The Morgan fingerprint density at radius 3 is 2.66 bits per heavy atom. The number of hydrogen-bond donors (Lipinski definition) is 0. The highest BCUT2D eigenvalue weighted by atomic mass is 19.1. The standard InChI is InChI=1S/C24H23FN2O2/c25-20-12-13-23(26-15-20)29-17-18-7-6-14-27(16-18)24(28)22-11-5-4-10-21(22)19-8-2-1-3-9-19/h1-5,8-13,15,18H,6-7,14,16-17H2. The lowest BCUT2D eigenvalue weighted by atomic mass is 9.95. The second-order valence-electron chi connectivity index (χ2n) is 7.30. The summed E-state index contributed by atoms with van der Waals surface area (Å²) in [5, 5.41) is 0. The van der Waals surface area contributed by atoms with Gasteiger partial charge in [-0.1, -0.05) is 48.5 Å². The number of likely N-dealkylation sites (tertiary alicyclic amines) is 1. The van der Waals surface area contributed by atoms with Gasteiger partial charge in [-0.3, -0.25) is 4.79 Å². The van der Waals surface area contributed by atoms with Crippen LogP contribution in [0.4, 0.5) is 4.39 Å². The van der Waals surface area contributed by atoms with Crippen LogP contribution >= 0.6 is 0 Å². The first-order chi connectivity index (χ1) is 14.2. The first-order valence-electron chi connectivity index (χ1n) is 9.89. The Labute approximate surface area is 170 Å². The Bertz CT molecular complexity index is 960. The number of amides is 1. The Balaban J connectivity index is 1.45. The van der Waals surface area contributed by atoms with Gasteiger partial charge < -0.3 is 9.64 Å². The summed E-state index contributed by atoms with van der Waals surface area (Å²) in [6, 6.07) is 20.6. The van der Waals surface area contributed by atoms with Gasteiger partial charge in [-0.15, -0.1) is 0 Å². The van der Waals surface area contributed by atoms with E-state index in [1.807, 2.05) is 59.5 Å². The highest BCUT2D eigenvalue weighted by Gasteiger charge is 2.26. The molecule has 4 nitrogen and oxygen atoms in total. The van der Waals surface area contributed by atoms with Crippen molar-refractivity contribution in [3.05, 3.63) is 84.3 Å². The average Bonchev–Trinajstić information content (AvgIpc) is 2.79. The van der Waals surface area contributed by atoms with E-state index in [0.717, 1.165) is 42.3 Å². The molecule has 1 atom stereocenters. The number of benzene rings is 2. The van der Waals surface area contributed by atoms with Crippen LogP contribution in [0.25, 0.3) is 11.1 Å². The maximum absolute atomic E-state index is 13.3. The van der Waals surface area contributed by atoms with Crippen LogP contribution in [0.15, 0.2) is 72.9 Å². The molecule has 29 heavy (non-hydrogen) atoms. The molecule has 0 saturated carbocycles. The smallest absolute Gasteiger partial charge is 0.254 e. The van der Waals surface area contributed by atoms with Crippen LogP contribution in [0.3, 0.4) is 0 Å². The van der Waals surface area contributed by atoms with E-state index in [1.54, 1.807) is 0 Å². The van der Waals surface area contributed by atoms with Gasteiger partial charge in [0.1, 0.15) is 5.82 Å². The quantitative estimate of drug-likeness (QED) is 0.627. The van der Waals surface area contributed by atoms with Gasteiger partial charge in [0.25, 0.3) is 5.91 Å². The van der Waals surface area contributed by atoms with E-state index < -0.39 is 0 Å². The third-order valence-corrected chi connectivity index (χ3v) is 5.22. The first-order valence-corrected chi connectivity index (χ1v) is 9.89. The topological polar surface area (TPSA) is 42.4 Å². The van der Waals surface area contributed by atoms with Gasteiger partial charge in [-0.25, -0.2) is 9.37 Å². The molecule has 5 heteroatoms. The maximum atomic E-state index is 13.3. The number of hydrogen-bond acceptors (Lipinski definition) is 3. The van der Waals surface area contributed by atoms with Crippen molar-refractivity contribution in [1.82, 2.24) is 9.88 Å². The molecule has 148 valence electrons. The van der Waals surface area contributed by atoms with E-state index in [4.69, 9.17) is 4.74 Å². The minimum atomic E-state index is -0.385. The second kappa shape index (κ2) is 8.86.